The smallest absolute Gasteiger partial charge is 0.266 e. The van der Waals surface area contributed by atoms with Crippen LogP contribution >= 0.6 is 0 Å². The number of benzene rings is 2. The van der Waals surface area contributed by atoms with Gasteiger partial charge in [0, 0.05) is 17.1 Å². The minimum atomic E-state index is -0.705. The minimum Gasteiger partial charge on any atom is -0.319 e. The van der Waals surface area contributed by atoms with Gasteiger partial charge >= 0.3 is 0 Å². The Balaban J connectivity index is 1.95. The SMILES string of the molecule is Cc1cc(C=C(C#N)C(=O)Nc2ccccc2F)c(C)n1-c1cccc(F)c1. The first-order chi connectivity index (χ1) is 13.4. The fraction of sp³-hybridized carbons (Fsp3) is 0.0909. The van der Waals surface area contributed by atoms with Crippen LogP contribution in [0.15, 0.2) is 60.2 Å². The van der Waals surface area contributed by atoms with E-state index in [1.165, 1.54) is 36.4 Å². The topological polar surface area (TPSA) is 57.8 Å². The molecular formula is C22H17F2N3O. The lowest BCUT2D eigenvalue weighted by atomic mass is 10.1. The zero-order chi connectivity index (χ0) is 20.3. The summed E-state index contributed by atoms with van der Waals surface area (Å²) in [6, 6.07) is 15.5. The predicted molar refractivity (Wildman–Crippen MR) is 104 cm³/mol. The third kappa shape index (κ3) is 3.84. The van der Waals surface area contributed by atoms with Crippen LogP contribution in [-0.4, -0.2) is 10.5 Å². The van der Waals surface area contributed by atoms with Crippen molar-refractivity contribution in [2.75, 3.05) is 5.32 Å². The van der Waals surface area contributed by atoms with Crippen molar-refractivity contribution in [3.8, 4) is 11.8 Å². The largest absolute Gasteiger partial charge is 0.319 e. The molecule has 28 heavy (non-hydrogen) atoms. The number of nitrogens with one attached hydrogen (secondary N) is 1. The van der Waals surface area contributed by atoms with Crippen molar-refractivity contribution >= 4 is 17.7 Å². The molecule has 3 rings (SSSR count). The van der Waals surface area contributed by atoms with Crippen LogP contribution in [0.3, 0.4) is 0 Å². The van der Waals surface area contributed by atoms with E-state index in [0.717, 1.165) is 11.4 Å². The normalized spacial score (nSPS) is 11.2. The van der Waals surface area contributed by atoms with Gasteiger partial charge in [-0.25, -0.2) is 8.78 Å². The molecule has 0 aliphatic heterocycles. The Labute approximate surface area is 161 Å². The summed E-state index contributed by atoms with van der Waals surface area (Å²) in [5, 5.41) is 11.8. The van der Waals surface area contributed by atoms with Crippen LogP contribution < -0.4 is 5.32 Å². The second kappa shape index (κ2) is 7.89. The van der Waals surface area contributed by atoms with Gasteiger partial charge in [0.1, 0.15) is 23.3 Å². The number of carbonyl (C=O) groups excluding carboxylic acids is 1. The summed E-state index contributed by atoms with van der Waals surface area (Å²) in [4.78, 5) is 12.4. The highest BCUT2D eigenvalue weighted by Gasteiger charge is 2.15. The zero-order valence-electron chi connectivity index (χ0n) is 15.3. The Kier molecular flexibility index (Phi) is 5.37. The van der Waals surface area contributed by atoms with E-state index in [9.17, 15) is 18.8 Å². The summed E-state index contributed by atoms with van der Waals surface area (Å²) in [6.45, 7) is 3.66. The molecule has 0 saturated heterocycles. The number of anilines is 1. The minimum absolute atomic E-state index is 0.00103. The number of hydrogen-bond donors (Lipinski definition) is 1. The number of para-hydroxylation sites is 1. The van der Waals surface area contributed by atoms with E-state index in [0.29, 0.717) is 11.3 Å². The van der Waals surface area contributed by atoms with Crippen molar-refractivity contribution in [2.24, 2.45) is 0 Å². The van der Waals surface area contributed by atoms with E-state index in [2.05, 4.69) is 5.32 Å². The molecule has 2 aromatic carbocycles. The van der Waals surface area contributed by atoms with Crippen molar-refractivity contribution in [1.82, 2.24) is 4.57 Å². The van der Waals surface area contributed by atoms with Gasteiger partial charge in [-0.2, -0.15) is 5.26 Å². The number of rotatable bonds is 4. The molecular weight excluding hydrogens is 360 g/mol. The maximum Gasteiger partial charge on any atom is 0.266 e. The highest BCUT2D eigenvalue weighted by atomic mass is 19.1. The van der Waals surface area contributed by atoms with Crippen molar-refractivity contribution in [3.05, 3.63) is 88.8 Å². The molecule has 3 aromatic rings. The third-order valence-corrected chi connectivity index (χ3v) is 4.32. The van der Waals surface area contributed by atoms with Crippen LogP contribution in [0.4, 0.5) is 14.5 Å². The zero-order valence-corrected chi connectivity index (χ0v) is 15.3. The second-order valence-electron chi connectivity index (χ2n) is 6.25. The molecule has 1 amide bonds. The lowest BCUT2D eigenvalue weighted by Crippen LogP contribution is -2.14. The van der Waals surface area contributed by atoms with E-state index < -0.39 is 11.7 Å². The van der Waals surface area contributed by atoms with Crippen molar-refractivity contribution in [3.63, 3.8) is 0 Å². The molecule has 0 aliphatic carbocycles. The molecule has 0 aliphatic rings. The second-order valence-corrected chi connectivity index (χ2v) is 6.25. The number of nitriles is 1. The number of amides is 1. The highest BCUT2D eigenvalue weighted by Crippen LogP contribution is 2.24. The third-order valence-electron chi connectivity index (χ3n) is 4.32. The van der Waals surface area contributed by atoms with E-state index in [-0.39, 0.29) is 17.1 Å². The number of halogens is 2. The first kappa shape index (κ1) is 19.1. The Bertz CT molecular complexity index is 1120. The molecule has 0 bridgehead atoms. The van der Waals surface area contributed by atoms with Gasteiger partial charge in [0.2, 0.25) is 0 Å². The standard InChI is InChI=1S/C22H17F2N3O/c1-14-10-16(15(2)27(14)19-7-5-6-18(23)12-19)11-17(13-25)22(28)26-21-9-4-3-8-20(21)24/h3-12H,1-2H3,(H,26,28). The lowest BCUT2D eigenvalue weighted by Gasteiger charge is -2.09. The molecule has 0 saturated carbocycles. The Hall–Kier alpha value is -3.72. The van der Waals surface area contributed by atoms with E-state index in [1.54, 1.807) is 24.3 Å². The van der Waals surface area contributed by atoms with Crippen LogP contribution in [0.5, 0.6) is 0 Å². The van der Waals surface area contributed by atoms with E-state index in [4.69, 9.17) is 0 Å². The van der Waals surface area contributed by atoms with Gasteiger partial charge in [-0.1, -0.05) is 18.2 Å². The van der Waals surface area contributed by atoms with Gasteiger partial charge in [0.05, 0.1) is 5.69 Å². The maximum atomic E-state index is 13.7. The van der Waals surface area contributed by atoms with Gasteiger partial charge < -0.3 is 9.88 Å². The number of hydrogen-bond acceptors (Lipinski definition) is 2. The van der Waals surface area contributed by atoms with Gasteiger partial charge in [0.25, 0.3) is 5.91 Å². The molecule has 1 N–H and O–H groups in total. The van der Waals surface area contributed by atoms with E-state index >= 15 is 0 Å². The summed E-state index contributed by atoms with van der Waals surface area (Å²) in [5.41, 5.74) is 2.68. The monoisotopic (exact) mass is 377 g/mol. The molecule has 0 atom stereocenters. The molecule has 0 spiro atoms. The fourth-order valence-corrected chi connectivity index (χ4v) is 3.00. The molecule has 6 heteroatoms. The lowest BCUT2D eigenvalue weighted by molar-refractivity contribution is -0.112. The Morgan fingerprint density at radius 2 is 1.86 bits per heavy atom. The highest BCUT2D eigenvalue weighted by molar-refractivity contribution is 6.09. The average Bonchev–Trinajstić information content (AvgIpc) is 2.94. The Morgan fingerprint density at radius 1 is 1.11 bits per heavy atom. The van der Waals surface area contributed by atoms with Crippen LogP contribution in [0, 0.1) is 36.8 Å². The number of carbonyl (C=O) groups is 1. The molecule has 4 nitrogen and oxygen atoms in total. The average molecular weight is 377 g/mol. The van der Waals surface area contributed by atoms with Gasteiger partial charge in [-0.05, 0) is 61.9 Å². The molecule has 0 unspecified atom stereocenters. The summed E-state index contributed by atoms with van der Waals surface area (Å²) < 4.78 is 29.1. The first-order valence-electron chi connectivity index (χ1n) is 8.53. The van der Waals surface area contributed by atoms with Gasteiger partial charge in [-0.3, -0.25) is 4.79 Å². The van der Waals surface area contributed by atoms with Crippen molar-refractivity contribution in [1.29, 1.82) is 5.26 Å². The number of aromatic nitrogens is 1. The van der Waals surface area contributed by atoms with Gasteiger partial charge in [-0.15, -0.1) is 0 Å². The van der Waals surface area contributed by atoms with Gasteiger partial charge in [0.15, 0.2) is 0 Å². The summed E-state index contributed by atoms with van der Waals surface area (Å²) in [6.07, 6.45) is 1.44. The van der Waals surface area contributed by atoms with Crippen LogP contribution in [-0.2, 0) is 4.79 Å². The van der Waals surface area contributed by atoms with Crippen LogP contribution in [0.25, 0.3) is 11.8 Å². The number of nitrogens with zero attached hydrogens (tertiary/aromatic N) is 2. The fourth-order valence-electron chi connectivity index (χ4n) is 3.00. The molecule has 1 heterocycles. The Morgan fingerprint density at radius 3 is 2.54 bits per heavy atom. The molecule has 0 fully saturated rings. The quantitative estimate of drug-likeness (QED) is 0.518. The number of aryl methyl sites for hydroxylation is 1. The van der Waals surface area contributed by atoms with Crippen molar-refractivity contribution < 1.29 is 13.6 Å². The van der Waals surface area contributed by atoms with E-state index in [1.807, 2.05) is 24.5 Å². The molecule has 0 radical (unpaired) electrons. The summed E-state index contributed by atoms with van der Waals surface area (Å²) in [5.74, 6) is -1.65. The maximum absolute atomic E-state index is 13.7. The first-order valence-corrected chi connectivity index (χ1v) is 8.53. The summed E-state index contributed by atoms with van der Waals surface area (Å²) >= 11 is 0. The van der Waals surface area contributed by atoms with Crippen molar-refractivity contribution in [2.45, 2.75) is 13.8 Å². The van der Waals surface area contributed by atoms with Crippen LogP contribution in [0.2, 0.25) is 0 Å². The van der Waals surface area contributed by atoms with Crippen LogP contribution in [0.1, 0.15) is 17.0 Å². The summed E-state index contributed by atoms with van der Waals surface area (Å²) in [7, 11) is 0. The predicted octanol–water partition coefficient (Wildman–Crippen LogP) is 4.92. The molecule has 1 aromatic heterocycles. The molecule has 140 valence electrons.